The summed E-state index contributed by atoms with van der Waals surface area (Å²) in [6.07, 6.45) is 0.669. The number of hydrogen-bond donors (Lipinski definition) is 1. The van der Waals surface area contributed by atoms with E-state index in [-0.39, 0.29) is 16.9 Å². The van der Waals surface area contributed by atoms with Crippen molar-refractivity contribution in [3.05, 3.63) is 62.3 Å². The first kappa shape index (κ1) is 16.3. The average molecular weight is 320 g/mol. The number of nitro groups is 1. The average Bonchev–Trinajstić information content (AvgIpc) is 2.51. The van der Waals surface area contributed by atoms with Crippen LogP contribution in [-0.2, 0) is 6.54 Å². The Balaban J connectivity index is 2.26. The van der Waals surface area contributed by atoms with E-state index in [9.17, 15) is 24.1 Å². The largest absolute Gasteiger partial charge is 0.320 e. The van der Waals surface area contributed by atoms with Gasteiger partial charge >= 0.3 is 5.69 Å². The standard InChI is InChI=1S/C14H13FN4O4/c1-2-7-18-13(20)6-5-11(17-18)14(21)16-9-3-4-10(15)12(8-9)19(22)23/h3-6,8H,2,7H2,1H3,(H,16,21). The summed E-state index contributed by atoms with van der Waals surface area (Å²) in [5, 5.41) is 17.0. The molecule has 0 aliphatic rings. The van der Waals surface area contributed by atoms with Crippen LogP contribution < -0.4 is 10.9 Å². The van der Waals surface area contributed by atoms with Crippen molar-refractivity contribution in [1.29, 1.82) is 0 Å². The number of amides is 1. The van der Waals surface area contributed by atoms with Crippen molar-refractivity contribution in [2.24, 2.45) is 0 Å². The summed E-state index contributed by atoms with van der Waals surface area (Å²) < 4.78 is 14.4. The third kappa shape index (κ3) is 3.76. The van der Waals surface area contributed by atoms with Crippen LogP contribution in [0.1, 0.15) is 23.8 Å². The molecule has 2 aromatic rings. The quantitative estimate of drug-likeness (QED) is 0.669. The van der Waals surface area contributed by atoms with Crippen LogP contribution in [0.15, 0.2) is 35.1 Å². The zero-order valence-corrected chi connectivity index (χ0v) is 12.2. The lowest BCUT2D eigenvalue weighted by Crippen LogP contribution is -2.26. The van der Waals surface area contributed by atoms with Crippen LogP contribution in [0, 0.1) is 15.9 Å². The molecule has 8 nitrogen and oxygen atoms in total. The highest BCUT2D eigenvalue weighted by Gasteiger charge is 2.16. The van der Waals surface area contributed by atoms with E-state index in [4.69, 9.17) is 0 Å². The second-order valence-corrected chi connectivity index (χ2v) is 4.66. The normalized spacial score (nSPS) is 10.3. The van der Waals surface area contributed by atoms with E-state index < -0.39 is 22.3 Å². The highest BCUT2D eigenvalue weighted by Crippen LogP contribution is 2.21. The number of halogens is 1. The molecule has 0 saturated carbocycles. The van der Waals surface area contributed by atoms with Gasteiger partial charge in [0, 0.05) is 24.4 Å². The minimum absolute atomic E-state index is 0.0231. The first-order chi connectivity index (χ1) is 10.9. The molecule has 1 heterocycles. The maximum absolute atomic E-state index is 13.3. The van der Waals surface area contributed by atoms with Gasteiger partial charge in [-0.15, -0.1) is 0 Å². The number of aromatic nitrogens is 2. The number of nitrogens with zero attached hydrogens (tertiary/aromatic N) is 3. The SMILES string of the molecule is CCCn1nc(C(=O)Nc2ccc(F)c([N+](=O)[O-])c2)ccc1=O. The Bertz CT molecular complexity index is 819. The van der Waals surface area contributed by atoms with Crippen molar-refractivity contribution >= 4 is 17.3 Å². The Kier molecular flexibility index (Phi) is 4.79. The number of aryl methyl sites for hydroxylation is 1. The van der Waals surface area contributed by atoms with Crippen LogP contribution in [0.5, 0.6) is 0 Å². The van der Waals surface area contributed by atoms with Crippen LogP contribution in [0.2, 0.25) is 0 Å². The van der Waals surface area contributed by atoms with Gasteiger partial charge in [0.05, 0.1) is 4.92 Å². The molecule has 1 aromatic carbocycles. The van der Waals surface area contributed by atoms with E-state index in [1.54, 1.807) is 0 Å². The summed E-state index contributed by atoms with van der Waals surface area (Å²) in [4.78, 5) is 33.4. The maximum Gasteiger partial charge on any atom is 0.306 e. The monoisotopic (exact) mass is 320 g/mol. The summed E-state index contributed by atoms with van der Waals surface area (Å²) in [5.41, 5.74) is -1.05. The van der Waals surface area contributed by atoms with E-state index in [1.807, 2.05) is 6.92 Å². The molecule has 0 atom stereocenters. The number of anilines is 1. The van der Waals surface area contributed by atoms with Gasteiger partial charge in [0.1, 0.15) is 5.69 Å². The van der Waals surface area contributed by atoms with Crippen LogP contribution in [0.4, 0.5) is 15.8 Å². The molecule has 0 aliphatic heterocycles. The van der Waals surface area contributed by atoms with Gasteiger partial charge < -0.3 is 5.32 Å². The van der Waals surface area contributed by atoms with E-state index in [2.05, 4.69) is 10.4 Å². The number of hydrogen-bond acceptors (Lipinski definition) is 5. The van der Waals surface area contributed by atoms with Crippen molar-refractivity contribution in [2.45, 2.75) is 19.9 Å². The summed E-state index contributed by atoms with van der Waals surface area (Å²) in [6.45, 7) is 2.22. The summed E-state index contributed by atoms with van der Waals surface area (Å²) in [5.74, 6) is -1.65. The molecule has 0 unspecified atom stereocenters. The van der Waals surface area contributed by atoms with E-state index in [0.717, 1.165) is 16.8 Å². The number of nitrogens with one attached hydrogen (secondary N) is 1. The first-order valence-corrected chi connectivity index (χ1v) is 6.76. The molecule has 0 radical (unpaired) electrons. The van der Waals surface area contributed by atoms with Gasteiger partial charge in [-0.25, -0.2) is 4.68 Å². The zero-order chi connectivity index (χ0) is 17.0. The Morgan fingerprint density at radius 1 is 1.39 bits per heavy atom. The molecular formula is C14H13FN4O4. The Morgan fingerprint density at radius 3 is 2.78 bits per heavy atom. The van der Waals surface area contributed by atoms with Gasteiger partial charge in [0.25, 0.3) is 11.5 Å². The minimum Gasteiger partial charge on any atom is -0.320 e. The van der Waals surface area contributed by atoms with Crippen molar-refractivity contribution in [2.75, 3.05) is 5.32 Å². The predicted octanol–water partition coefficient (Wildman–Crippen LogP) is 1.95. The zero-order valence-electron chi connectivity index (χ0n) is 12.2. The van der Waals surface area contributed by atoms with Crippen LogP contribution in [0.25, 0.3) is 0 Å². The maximum atomic E-state index is 13.3. The van der Waals surface area contributed by atoms with Gasteiger partial charge in [0.15, 0.2) is 0 Å². The predicted molar refractivity (Wildman–Crippen MR) is 79.8 cm³/mol. The lowest BCUT2D eigenvalue weighted by atomic mass is 10.2. The fourth-order valence-electron chi connectivity index (χ4n) is 1.87. The summed E-state index contributed by atoms with van der Waals surface area (Å²) in [6, 6.07) is 5.46. The minimum atomic E-state index is -0.998. The number of carbonyl (C=O) groups is 1. The first-order valence-electron chi connectivity index (χ1n) is 6.76. The second-order valence-electron chi connectivity index (χ2n) is 4.66. The summed E-state index contributed by atoms with van der Waals surface area (Å²) in [7, 11) is 0. The lowest BCUT2D eigenvalue weighted by molar-refractivity contribution is -0.387. The number of nitro benzene ring substituents is 1. The molecule has 23 heavy (non-hydrogen) atoms. The highest BCUT2D eigenvalue weighted by molar-refractivity contribution is 6.02. The van der Waals surface area contributed by atoms with E-state index in [1.165, 1.54) is 18.2 Å². The topological polar surface area (TPSA) is 107 Å². The third-order valence-corrected chi connectivity index (χ3v) is 2.94. The Hall–Kier alpha value is -3.10. The molecule has 0 bridgehead atoms. The molecule has 0 spiro atoms. The van der Waals surface area contributed by atoms with Crippen LogP contribution in [-0.4, -0.2) is 20.6 Å². The third-order valence-electron chi connectivity index (χ3n) is 2.94. The van der Waals surface area contributed by atoms with Crippen LogP contribution in [0.3, 0.4) is 0 Å². The van der Waals surface area contributed by atoms with Gasteiger partial charge in [-0.05, 0) is 24.6 Å². The van der Waals surface area contributed by atoms with Gasteiger partial charge in [-0.1, -0.05) is 6.92 Å². The Labute approximate surface area is 129 Å². The molecule has 0 saturated heterocycles. The lowest BCUT2D eigenvalue weighted by Gasteiger charge is -2.07. The highest BCUT2D eigenvalue weighted by atomic mass is 19.1. The molecule has 2 rings (SSSR count). The number of benzene rings is 1. The number of carbonyl (C=O) groups excluding carboxylic acids is 1. The number of rotatable bonds is 5. The summed E-state index contributed by atoms with van der Waals surface area (Å²) >= 11 is 0. The molecule has 1 aromatic heterocycles. The van der Waals surface area contributed by atoms with Crippen LogP contribution >= 0.6 is 0 Å². The van der Waals surface area contributed by atoms with Crippen molar-refractivity contribution in [3.8, 4) is 0 Å². The Morgan fingerprint density at radius 2 is 2.13 bits per heavy atom. The smallest absolute Gasteiger partial charge is 0.306 e. The second kappa shape index (κ2) is 6.77. The molecule has 1 amide bonds. The van der Waals surface area contributed by atoms with Gasteiger partial charge in [-0.3, -0.25) is 19.7 Å². The molecule has 1 N–H and O–H groups in total. The fourth-order valence-corrected chi connectivity index (χ4v) is 1.87. The van der Waals surface area contributed by atoms with Crippen molar-refractivity contribution in [1.82, 2.24) is 9.78 Å². The molecule has 9 heteroatoms. The van der Waals surface area contributed by atoms with E-state index in [0.29, 0.717) is 13.0 Å². The molecule has 0 aliphatic carbocycles. The van der Waals surface area contributed by atoms with Gasteiger partial charge in [-0.2, -0.15) is 9.49 Å². The molecule has 120 valence electrons. The van der Waals surface area contributed by atoms with E-state index >= 15 is 0 Å². The van der Waals surface area contributed by atoms with Crippen molar-refractivity contribution in [3.63, 3.8) is 0 Å². The van der Waals surface area contributed by atoms with Gasteiger partial charge in [0.2, 0.25) is 5.82 Å². The van der Waals surface area contributed by atoms with Crippen molar-refractivity contribution < 1.29 is 14.1 Å². The fraction of sp³-hybridized carbons (Fsp3) is 0.214. The molecule has 0 fully saturated rings. The molecular weight excluding hydrogens is 307 g/mol.